The zero-order valence-corrected chi connectivity index (χ0v) is 11.9. The van der Waals surface area contributed by atoms with Crippen LogP contribution in [0.5, 0.6) is 5.75 Å². The summed E-state index contributed by atoms with van der Waals surface area (Å²) >= 11 is 0. The fourth-order valence-electron chi connectivity index (χ4n) is 2.08. The molecule has 0 saturated heterocycles. The van der Waals surface area contributed by atoms with E-state index in [0.717, 1.165) is 0 Å². The molecule has 2 nitrogen and oxygen atoms in total. The van der Waals surface area contributed by atoms with Gasteiger partial charge in [-0.2, -0.15) is 4.39 Å². The van der Waals surface area contributed by atoms with Crippen LogP contribution in [0.1, 0.15) is 19.4 Å². The van der Waals surface area contributed by atoms with Crippen molar-refractivity contribution in [3.8, 4) is 5.75 Å². The molecule has 0 aliphatic heterocycles. The number of benzene rings is 2. The first-order chi connectivity index (χ1) is 9.63. The Morgan fingerprint density at radius 3 is 2.05 bits per heavy atom. The Bertz CT molecular complexity index is 760. The van der Waals surface area contributed by atoms with E-state index in [1.54, 1.807) is 25.1 Å². The Balaban J connectivity index is 0.000000704. The molecule has 0 saturated carbocycles. The molecule has 4 heteroatoms. The monoisotopic (exact) mass is 278 g/mol. The molecule has 0 radical (unpaired) electrons. The summed E-state index contributed by atoms with van der Waals surface area (Å²) in [6.07, 6.45) is 0. The standard InChI is InChI=1S/C14H10F2O2.C2H6/c1-7-3-4-8-9-5-6-10(17-2)12(16)14(9)18-13(8)11(7)15;1-2/h3-6H,1-2H3;1-2H3. The smallest absolute Gasteiger partial charge is 0.208 e. The fraction of sp³-hybridized carbons (Fsp3) is 0.250. The lowest BCUT2D eigenvalue weighted by molar-refractivity contribution is 0.385. The summed E-state index contributed by atoms with van der Waals surface area (Å²) in [5.41, 5.74) is 0.569. The van der Waals surface area contributed by atoms with Gasteiger partial charge in [-0.3, -0.25) is 0 Å². The minimum Gasteiger partial charge on any atom is -0.494 e. The second-order valence-corrected chi connectivity index (χ2v) is 4.13. The number of hydrogen-bond acceptors (Lipinski definition) is 2. The Kier molecular flexibility index (Phi) is 3.93. The first kappa shape index (κ1) is 14.3. The van der Waals surface area contributed by atoms with Crippen molar-refractivity contribution in [1.29, 1.82) is 0 Å². The molecule has 0 N–H and O–H groups in total. The summed E-state index contributed by atoms with van der Waals surface area (Å²) in [4.78, 5) is 0. The van der Waals surface area contributed by atoms with Crippen LogP contribution >= 0.6 is 0 Å². The number of aryl methyl sites for hydroxylation is 1. The zero-order chi connectivity index (χ0) is 14.9. The Labute approximate surface area is 115 Å². The molecule has 3 rings (SSSR count). The van der Waals surface area contributed by atoms with Crippen LogP contribution in [-0.2, 0) is 0 Å². The van der Waals surface area contributed by atoms with Gasteiger partial charge in [-0.15, -0.1) is 0 Å². The molecule has 20 heavy (non-hydrogen) atoms. The summed E-state index contributed by atoms with van der Waals surface area (Å²) in [6, 6.07) is 6.54. The van der Waals surface area contributed by atoms with Gasteiger partial charge >= 0.3 is 0 Å². The molecule has 1 aromatic heterocycles. The zero-order valence-electron chi connectivity index (χ0n) is 11.9. The van der Waals surface area contributed by atoms with E-state index in [1.165, 1.54) is 13.2 Å². The highest BCUT2D eigenvalue weighted by molar-refractivity contribution is 6.05. The van der Waals surface area contributed by atoms with Crippen molar-refractivity contribution in [2.24, 2.45) is 0 Å². The molecule has 0 amide bonds. The van der Waals surface area contributed by atoms with E-state index in [4.69, 9.17) is 9.15 Å². The van der Waals surface area contributed by atoms with E-state index in [0.29, 0.717) is 16.3 Å². The molecule has 0 bridgehead atoms. The van der Waals surface area contributed by atoms with Gasteiger partial charge in [-0.25, -0.2) is 4.39 Å². The molecule has 106 valence electrons. The van der Waals surface area contributed by atoms with Gasteiger partial charge in [-0.1, -0.05) is 26.0 Å². The maximum Gasteiger partial charge on any atom is 0.208 e. The number of fused-ring (bicyclic) bond motifs is 3. The van der Waals surface area contributed by atoms with Gasteiger partial charge in [0.2, 0.25) is 5.82 Å². The minimum atomic E-state index is -0.608. The predicted octanol–water partition coefficient (Wildman–Crippen LogP) is 5.21. The molecule has 0 aliphatic rings. The lowest BCUT2D eigenvalue weighted by atomic mass is 10.1. The highest BCUT2D eigenvalue weighted by Crippen LogP contribution is 2.35. The van der Waals surface area contributed by atoms with Gasteiger partial charge < -0.3 is 9.15 Å². The number of hydrogen-bond donors (Lipinski definition) is 0. The van der Waals surface area contributed by atoms with Crippen LogP contribution in [0.15, 0.2) is 28.7 Å². The van der Waals surface area contributed by atoms with Gasteiger partial charge in [0.05, 0.1) is 7.11 Å². The third-order valence-corrected chi connectivity index (χ3v) is 3.07. The summed E-state index contributed by atoms with van der Waals surface area (Å²) in [7, 11) is 1.37. The summed E-state index contributed by atoms with van der Waals surface area (Å²) in [6.45, 7) is 5.64. The average molecular weight is 278 g/mol. The molecule has 0 unspecified atom stereocenters. The summed E-state index contributed by atoms with van der Waals surface area (Å²) < 4.78 is 38.1. The van der Waals surface area contributed by atoms with Crippen LogP contribution in [0, 0.1) is 18.6 Å². The lowest BCUT2D eigenvalue weighted by Crippen LogP contribution is -1.87. The van der Waals surface area contributed by atoms with Crippen molar-refractivity contribution < 1.29 is 17.9 Å². The molecule has 3 aromatic rings. The van der Waals surface area contributed by atoms with Crippen molar-refractivity contribution in [2.45, 2.75) is 20.8 Å². The summed E-state index contributed by atoms with van der Waals surface area (Å²) in [5.74, 6) is -0.982. The quantitative estimate of drug-likeness (QED) is 0.610. The molecular weight excluding hydrogens is 262 g/mol. The molecule has 0 atom stereocenters. The second kappa shape index (κ2) is 5.49. The normalized spacial score (nSPS) is 10.5. The predicted molar refractivity (Wildman–Crippen MR) is 76.3 cm³/mol. The maximum atomic E-state index is 14.0. The number of methoxy groups -OCH3 is 1. The average Bonchev–Trinajstić information content (AvgIpc) is 2.86. The maximum absolute atomic E-state index is 14.0. The van der Waals surface area contributed by atoms with E-state index in [9.17, 15) is 8.78 Å². The molecule has 1 heterocycles. The second-order valence-electron chi connectivity index (χ2n) is 4.13. The highest BCUT2D eigenvalue weighted by atomic mass is 19.1. The summed E-state index contributed by atoms with van der Waals surface area (Å²) in [5, 5.41) is 1.11. The third-order valence-electron chi connectivity index (χ3n) is 3.07. The van der Waals surface area contributed by atoms with Crippen molar-refractivity contribution in [1.82, 2.24) is 0 Å². The van der Waals surface area contributed by atoms with E-state index in [2.05, 4.69) is 0 Å². The Hall–Kier alpha value is -2.10. The van der Waals surface area contributed by atoms with Crippen molar-refractivity contribution in [3.05, 3.63) is 41.5 Å². The van der Waals surface area contributed by atoms with Gasteiger partial charge in [0.25, 0.3) is 0 Å². The van der Waals surface area contributed by atoms with Crippen LogP contribution < -0.4 is 4.74 Å². The van der Waals surface area contributed by atoms with Crippen LogP contribution in [-0.4, -0.2) is 7.11 Å². The topological polar surface area (TPSA) is 22.4 Å². The first-order valence-electron chi connectivity index (χ1n) is 6.47. The minimum absolute atomic E-state index is 0.0221. The van der Waals surface area contributed by atoms with Crippen LogP contribution in [0.3, 0.4) is 0 Å². The first-order valence-corrected chi connectivity index (χ1v) is 6.47. The van der Waals surface area contributed by atoms with Gasteiger partial charge in [-0.05, 0) is 24.6 Å². The third kappa shape index (κ3) is 2.01. The number of halogens is 2. The van der Waals surface area contributed by atoms with E-state index in [-0.39, 0.29) is 16.9 Å². The van der Waals surface area contributed by atoms with E-state index < -0.39 is 11.6 Å². The number of ether oxygens (including phenoxy) is 1. The molecule has 2 aromatic carbocycles. The molecular formula is C16H16F2O2. The van der Waals surface area contributed by atoms with E-state index in [1.807, 2.05) is 13.8 Å². The lowest BCUT2D eigenvalue weighted by Gasteiger charge is -2.00. The van der Waals surface area contributed by atoms with Gasteiger partial charge in [0.15, 0.2) is 22.7 Å². The van der Waals surface area contributed by atoms with Gasteiger partial charge in [0.1, 0.15) is 0 Å². The highest BCUT2D eigenvalue weighted by Gasteiger charge is 2.17. The molecule has 0 fully saturated rings. The van der Waals surface area contributed by atoms with Gasteiger partial charge in [0, 0.05) is 10.8 Å². The van der Waals surface area contributed by atoms with E-state index >= 15 is 0 Å². The molecule has 0 aliphatic carbocycles. The van der Waals surface area contributed by atoms with Crippen molar-refractivity contribution >= 4 is 21.9 Å². The van der Waals surface area contributed by atoms with Crippen molar-refractivity contribution in [3.63, 3.8) is 0 Å². The largest absolute Gasteiger partial charge is 0.494 e. The van der Waals surface area contributed by atoms with Crippen LogP contribution in [0.4, 0.5) is 8.78 Å². The van der Waals surface area contributed by atoms with Crippen molar-refractivity contribution in [2.75, 3.05) is 7.11 Å². The molecule has 0 spiro atoms. The SMILES string of the molecule is CC.COc1ccc2c(oc3c(F)c(C)ccc32)c1F. The number of furan rings is 1. The fourth-order valence-corrected chi connectivity index (χ4v) is 2.08. The number of rotatable bonds is 1. The van der Waals surface area contributed by atoms with Crippen LogP contribution in [0.2, 0.25) is 0 Å². The Morgan fingerprint density at radius 2 is 1.45 bits per heavy atom. The van der Waals surface area contributed by atoms with Crippen LogP contribution in [0.25, 0.3) is 21.9 Å². The Morgan fingerprint density at radius 1 is 0.900 bits per heavy atom.